The highest BCUT2D eigenvalue weighted by Gasteiger charge is 2.16. The summed E-state index contributed by atoms with van der Waals surface area (Å²) in [5.41, 5.74) is 2.66. The molecule has 0 amide bonds. The molecule has 3 rings (SSSR count). The van der Waals surface area contributed by atoms with E-state index in [-0.39, 0.29) is 6.61 Å². The van der Waals surface area contributed by atoms with E-state index in [2.05, 4.69) is 15.2 Å². The molecule has 2 heterocycles. The molecule has 21 heavy (non-hydrogen) atoms. The van der Waals surface area contributed by atoms with Gasteiger partial charge in [-0.2, -0.15) is 5.10 Å². The van der Waals surface area contributed by atoms with Crippen molar-refractivity contribution < 1.29 is 9.53 Å². The lowest BCUT2D eigenvalue weighted by molar-refractivity contribution is 0.0469. The minimum atomic E-state index is -0.423. The largest absolute Gasteiger partial charge is 0.455 e. The molecule has 5 nitrogen and oxygen atoms in total. The van der Waals surface area contributed by atoms with Crippen molar-refractivity contribution in [2.75, 3.05) is 0 Å². The molecule has 0 saturated carbocycles. The third-order valence-corrected chi connectivity index (χ3v) is 3.00. The van der Waals surface area contributed by atoms with Crippen molar-refractivity contribution >= 4 is 5.97 Å². The highest BCUT2D eigenvalue weighted by molar-refractivity contribution is 5.95. The standard InChI is InChI=1S/C16H13N3O2/c20-16(21-11-13-8-4-5-9-17-13)14-10-18-19-15(14)12-6-2-1-3-7-12/h1-10H,11H2,(H,18,19). The van der Waals surface area contributed by atoms with Crippen LogP contribution in [0.25, 0.3) is 11.3 Å². The Bertz CT molecular complexity index is 724. The normalized spacial score (nSPS) is 10.3. The highest BCUT2D eigenvalue weighted by atomic mass is 16.5. The van der Waals surface area contributed by atoms with E-state index in [0.29, 0.717) is 17.0 Å². The van der Waals surface area contributed by atoms with E-state index in [9.17, 15) is 4.79 Å². The minimum Gasteiger partial charge on any atom is -0.455 e. The van der Waals surface area contributed by atoms with E-state index in [1.165, 1.54) is 6.20 Å². The van der Waals surface area contributed by atoms with Crippen LogP contribution in [0, 0.1) is 0 Å². The quantitative estimate of drug-likeness (QED) is 0.746. The number of carbonyl (C=O) groups is 1. The van der Waals surface area contributed by atoms with E-state index in [4.69, 9.17) is 4.74 Å². The number of rotatable bonds is 4. The zero-order valence-corrected chi connectivity index (χ0v) is 11.2. The summed E-state index contributed by atoms with van der Waals surface area (Å²) < 4.78 is 5.27. The predicted octanol–water partition coefficient (Wildman–Crippen LogP) is 2.83. The van der Waals surface area contributed by atoms with Crippen LogP contribution in [0.15, 0.2) is 60.9 Å². The molecule has 0 bridgehead atoms. The van der Waals surface area contributed by atoms with E-state index in [1.807, 2.05) is 42.5 Å². The molecule has 1 N–H and O–H groups in total. The zero-order chi connectivity index (χ0) is 14.5. The van der Waals surface area contributed by atoms with Gasteiger partial charge in [-0.25, -0.2) is 4.79 Å². The topological polar surface area (TPSA) is 67.9 Å². The summed E-state index contributed by atoms with van der Waals surface area (Å²) in [5, 5.41) is 6.77. The molecule has 5 heteroatoms. The summed E-state index contributed by atoms with van der Waals surface area (Å²) in [6.45, 7) is 0.138. The van der Waals surface area contributed by atoms with Gasteiger partial charge in [-0.3, -0.25) is 10.1 Å². The Morgan fingerprint density at radius 2 is 1.90 bits per heavy atom. The Hall–Kier alpha value is -2.95. The molecule has 0 spiro atoms. The van der Waals surface area contributed by atoms with Crippen molar-refractivity contribution in [1.29, 1.82) is 0 Å². The first-order valence-electron chi connectivity index (χ1n) is 6.50. The fourth-order valence-electron chi connectivity index (χ4n) is 1.97. The number of benzene rings is 1. The van der Waals surface area contributed by atoms with Crippen LogP contribution in [0.3, 0.4) is 0 Å². The van der Waals surface area contributed by atoms with Crippen molar-refractivity contribution in [2.45, 2.75) is 6.61 Å². The second-order valence-electron chi connectivity index (χ2n) is 4.42. The first-order valence-corrected chi connectivity index (χ1v) is 6.50. The maximum Gasteiger partial charge on any atom is 0.342 e. The summed E-state index contributed by atoms with van der Waals surface area (Å²) in [7, 11) is 0. The van der Waals surface area contributed by atoms with Crippen LogP contribution >= 0.6 is 0 Å². The fourth-order valence-corrected chi connectivity index (χ4v) is 1.97. The van der Waals surface area contributed by atoms with Gasteiger partial charge in [0, 0.05) is 11.8 Å². The summed E-state index contributed by atoms with van der Waals surface area (Å²) in [6, 6.07) is 15.0. The third kappa shape index (κ3) is 2.97. The van der Waals surface area contributed by atoms with Crippen LogP contribution in [-0.2, 0) is 11.3 Å². The van der Waals surface area contributed by atoms with Gasteiger partial charge in [0.05, 0.1) is 17.6 Å². The predicted molar refractivity (Wildman–Crippen MR) is 77.4 cm³/mol. The zero-order valence-electron chi connectivity index (χ0n) is 11.2. The van der Waals surface area contributed by atoms with Crippen LogP contribution in [0.1, 0.15) is 16.1 Å². The van der Waals surface area contributed by atoms with Gasteiger partial charge in [-0.05, 0) is 12.1 Å². The van der Waals surface area contributed by atoms with E-state index in [1.54, 1.807) is 12.3 Å². The van der Waals surface area contributed by atoms with Crippen molar-refractivity contribution in [1.82, 2.24) is 15.2 Å². The Kier molecular flexibility index (Phi) is 3.73. The number of esters is 1. The Morgan fingerprint density at radius 1 is 1.10 bits per heavy atom. The molecular weight excluding hydrogens is 266 g/mol. The molecule has 0 fully saturated rings. The fraction of sp³-hybridized carbons (Fsp3) is 0.0625. The lowest BCUT2D eigenvalue weighted by Gasteiger charge is -2.05. The van der Waals surface area contributed by atoms with Crippen molar-refractivity contribution in [2.24, 2.45) is 0 Å². The average molecular weight is 279 g/mol. The number of nitrogens with one attached hydrogen (secondary N) is 1. The monoisotopic (exact) mass is 279 g/mol. The number of aromatic amines is 1. The summed E-state index contributed by atoms with van der Waals surface area (Å²) in [6.07, 6.45) is 3.14. The van der Waals surface area contributed by atoms with Crippen LogP contribution in [0.5, 0.6) is 0 Å². The number of nitrogens with zero attached hydrogens (tertiary/aromatic N) is 2. The Labute approximate surface area is 121 Å². The number of ether oxygens (including phenoxy) is 1. The molecule has 0 aliphatic carbocycles. The SMILES string of the molecule is O=C(OCc1ccccn1)c1cn[nH]c1-c1ccccc1. The van der Waals surface area contributed by atoms with Crippen molar-refractivity contribution in [3.8, 4) is 11.3 Å². The van der Waals surface area contributed by atoms with Crippen molar-refractivity contribution in [3.63, 3.8) is 0 Å². The van der Waals surface area contributed by atoms with Gasteiger partial charge >= 0.3 is 5.97 Å². The molecule has 0 unspecified atom stereocenters. The number of hydrogen-bond donors (Lipinski definition) is 1. The molecule has 1 aromatic carbocycles. The van der Waals surface area contributed by atoms with Crippen molar-refractivity contribution in [3.05, 3.63) is 72.2 Å². The van der Waals surface area contributed by atoms with E-state index < -0.39 is 5.97 Å². The lowest BCUT2D eigenvalue weighted by atomic mass is 10.1. The second-order valence-corrected chi connectivity index (χ2v) is 4.42. The summed E-state index contributed by atoms with van der Waals surface area (Å²) in [4.78, 5) is 16.3. The molecule has 0 atom stereocenters. The van der Waals surface area contributed by atoms with Gasteiger partial charge in [0.2, 0.25) is 0 Å². The number of H-pyrrole nitrogens is 1. The Balaban J connectivity index is 1.76. The van der Waals surface area contributed by atoms with Crippen LogP contribution in [-0.4, -0.2) is 21.2 Å². The Morgan fingerprint density at radius 3 is 2.67 bits per heavy atom. The van der Waals surface area contributed by atoms with Crippen LogP contribution < -0.4 is 0 Å². The summed E-state index contributed by atoms with van der Waals surface area (Å²) in [5.74, 6) is -0.423. The maximum atomic E-state index is 12.2. The minimum absolute atomic E-state index is 0.138. The molecule has 0 radical (unpaired) electrons. The van der Waals surface area contributed by atoms with Gasteiger partial charge in [-0.1, -0.05) is 36.4 Å². The third-order valence-electron chi connectivity index (χ3n) is 3.00. The summed E-state index contributed by atoms with van der Waals surface area (Å²) >= 11 is 0. The second kappa shape index (κ2) is 6.00. The molecule has 3 aromatic rings. The number of hydrogen-bond acceptors (Lipinski definition) is 4. The number of aromatic nitrogens is 3. The smallest absolute Gasteiger partial charge is 0.342 e. The van der Waals surface area contributed by atoms with E-state index >= 15 is 0 Å². The molecule has 0 aliphatic rings. The first-order chi connectivity index (χ1) is 10.3. The van der Waals surface area contributed by atoms with Gasteiger partial charge in [0.1, 0.15) is 12.2 Å². The van der Waals surface area contributed by atoms with Crippen LogP contribution in [0.2, 0.25) is 0 Å². The average Bonchev–Trinajstić information content (AvgIpc) is 3.04. The van der Waals surface area contributed by atoms with Gasteiger partial charge in [0.25, 0.3) is 0 Å². The van der Waals surface area contributed by atoms with Gasteiger partial charge < -0.3 is 4.74 Å². The molecular formula is C16H13N3O2. The number of pyridine rings is 1. The lowest BCUT2D eigenvalue weighted by Crippen LogP contribution is -2.06. The molecule has 0 aliphatic heterocycles. The maximum absolute atomic E-state index is 12.2. The van der Waals surface area contributed by atoms with Crippen LogP contribution in [0.4, 0.5) is 0 Å². The van der Waals surface area contributed by atoms with E-state index in [0.717, 1.165) is 5.56 Å². The molecule has 2 aromatic heterocycles. The number of carbonyl (C=O) groups excluding carboxylic acids is 1. The molecule has 0 saturated heterocycles. The highest BCUT2D eigenvalue weighted by Crippen LogP contribution is 2.21. The molecule has 104 valence electrons. The first kappa shape index (κ1) is 13.1. The van der Waals surface area contributed by atoms with Gasteiger partial charge in [0.15, 0.2) is 0 Å². The van der Waals surface area contributed by atoms with Gasteiger partial charge in [-0.15, -0.1) is 0 Å².